The van der Waals surface area contributed by atoms with Gasteiger partial charge < -0.3 is 4.90 Å². The zero-order valence-corrected chi connectivity index (χ0v) is 11.8. The minimum Gasteiger partial charge on any atom is -0.311 e. The molecule has 0 saturated carbocycles. The molecule has 100 valence electrons. The van der Waals surface area contributed by atoms with E-state index in [-0.39, 0.29) is 5.91 Å². The van der Waals surface area contributed by atoms with Crippen LogP contribution >= 0.6 is 0 Å². The van der Waals surface area contributed by atoms with Crippen LogP contribution in [0, 0.1) is 0 Å². The standard InChI is InChI=1S/C18H17NO/c1-3-13-12-14-8-4-7-11-17(14)19(2)18(20)16-10-6-5-9-15(13)16/h4-12H,3H2,1-2H3/b13-12-. The highest BCUT2D eigenvalue weighted by Crippen LogP contribution is 2.32. The SMILES string of the molecule is CC/C1=C/c2ccccc2N(C)C(=O)c2ccccc21. The minimum atomic E-state index is 0.0482. The van der Waals surface area contributed by atoms with Crippen molar-refractivity contribution in [1.29, 1.82) is 0 Å². The summed E-state index contributed by atoms with van der Waals surface area (Å²) in [5.74, 6) is 0.0482. The summed E-state index contributed by atoms with van der Waals surface area (Å²) in [5.41, 5.74) is 5.07. The molecule has 2 heteroatoms. The van der Waals surface area contributed by atoms with E-state index in [9.17, 15) is 4.79 Å². The molecule has 0 bridgehead atoms. The average molecular weight is 263 g/mol. The molecule has 2 aromatic carbocycles. The molecule has 0 unspecified atom stereocenters. The molecule has 1 aliphatic rings. The molecule has 3 rings (SSSR count). The van der Waals surface area contributed by atoms with Crippen molar-refractivity contribution < 1.29 is 4.79 Å². The molecule has 0 atom stereocenters. The van der Waals surface area contributed by atoms with E-state index < -0.39 is 0 Å². The maximum absolute atomic E-state index is 12.7. The summed E-state index contributed by atoms with van der Waals surface area (Å²) < 4.78 is 0. The van der Waals surface area contributed by atoms with Gasteiger partial charge in [-0.3, -0.25) is 4.79 Å². The van der Waals surface area contributed by atoms with Gasteiger partial charge in [0.25, 0.3) is 5.91 Å². The highest BCUT2D eigenvalue weighted by molar-refractivity contribution is 6.12. The van der Waals surface area contributed by atoms with Crippen LogP contribution in [-0.2, 0) is 0 Å². The molecule has 1 amide bonds. The lowest BCUT2D eigenvalue weighted by atomic mass is 9.93. The molecule has 0 spiro atoms. The quantitative estimate of drug-likeness (QED) is 0.754. The van der Waals surface area contributed by atoms with Gasteiger partial charge in [-0.15, -0.1) is 0 Å². The number of carbonyl (C=O) groups is 1. The lowest BCUT2D eigenvalue weighted by Crippen LogP contribution is -2.28. The van der Waals surface area contributed by atoms with E-state index in [1.807, 2.05) is 49.5 Å². The second-order valence-electron chi connectivity index (χ2n) is 4.99. The second-order valence-corrected chi connectivity index (χ2v) is 4.99. The summed E-state index contributed by atoms with van der Waals surface area (Å²) in [6.45, 7) is 2.13. The third kappa shape index (κ3) is 1.94. The van der Waals surface area contributed by atoms with Crippen LogP contribution < -0.4 is 4.90 Å². The van der Waals surface area contributed by atoms with Gasteiger partial charge in [-0.2, -0.15) is 0 Å². The summed E-state index contributed by atoms with van der Waals surface area (Å²) in [6.07, 6.45) is 3.10. The van der Waals surface area contributed by atoms with Gasteiger partial charge in [0.1, 0.15) is 0 Å². The van der Waals surface area contributed by atoms with Crippen molar-refractivity contribution in [3.63, 3.8) is 0 Å². The first-order valence-corrected chi connectivity index (χ1v) is 6.89. The highest BCUT2D eigenvalue weighted by atomic mass is 16.2. The number of nitrogens with zero attached hydrogens (tertiary/aromatic N) is 1. The fourth-order valence-electron chi connectivity index (χ4n) is 2.71. The van der Waals surface area contributed by atoms with Gasteiger partial charge in [0.05, 0.1) is 5.69 Å². The molecule has 2 nitrogen and oxygen atoms in total. The maximum Gasteiger partial charge on any atom is 0.258 e. The summed E-state index contributed by atoms with van der Waals surface area (Å²) in [5, 5.41) is 0. The van der Waals surface area contributed by atoms with E-state index in [1.54, 1.807) is 4.90 Å². The predicted molar refractivity (Wildman–Crippen MR) is 83.8 cm³/mol. The first-order valence-electron chi connectivity index (χ1n) is 6.89. The van der Waals surface area contributed by atoms with E-state index in [2.05, 4.69) is 19.1 Å². The Labute approximate surface area is 119 Å². The summed E-state index contributed by atoms with van der Waals surface area (Å²) in [6, 6.07) is 15.9. The van der Waals surface area contributed by atoms with Crippen LogP contribution in [0.25, 0.3) is 11.6 Å². The van der Waals surface area contributed by atoms with E-state index in [1.165, 1.54) is 5.57 Å². The number of fused-ring (bicyclic) bond motifs is 2. The van der Waals surface area contributed by atoms with Crippen molar-refractivity contribution >= 4 is 23.2 Å². The Morgan fingerprint density at radius 1 is 0.950 bits per heavy atom. The Morgan fingerprint density at radius 3 is 2.35 bits per heavy atom. The number of rotatable bonds is 1. The van der Waals surface area contributed by atoms with Gasteiger partial charge in [-0.05, 0) is 41.3 Å². The van der Waals surface area contributed by atoms with Gasteiger partial charge >= 0.3 is 0 Å². The molecule has 0 saturated heterocycles. The van der Waals surface area contributed by atoms with E-state index in [4.69, 9.17) is 0 Å². The Hall–Kier alpha value is -2.35. The normalized spacial score (nSPS) is 16.6. The van der Waals surface area contributed by atoms with Crippen molar-refractivity contribution in [1.82, 2.24) is 0 Å². The number of hydrogen-bond donors (Lipinski definition) is 0. The molecule has 2 aromatic rings. The summed E-state index contributed by atoms with van der Waals surface area (Å²) >= 11 is 0. The predicted octanol–water partition coefficient (Wildman–Crippen LogP) is 4.23. The molecular formula is C18H17NO. The third-order valence-corrected chi connectivity index (χ3v) is 3.82. The third-order valence-electron chi connectivity index (χ3n) is 3.82. The smallest absolute Gasteiger partial charge is 0.258 e. The number of allylic oxidation sites excluding steroid dienone is 1. The van der Waals surface area contributed by atoms with Crippen LogP contribution in [0.4, 0.5) is 5.69 Å². The Balaban J connectivity index is 2.32. The van der Waals surface area contributed by atoms with Crippen molar-refractivity contribution in [3.8, 4) is 0 Å². The van der Waals surface area contributed by atoms with E-state index in [0.29, 0.717) is 0 Å². The zero-order chi connectivity index (χ0) is 14.1. The van der Waals surface area contributed by atoms with Crippen LogP contribution in [-0.4, -0.2) is 13.0 Å². The van der Waals surface area contributed by atoms with Gasteiger partial charge in [-0.1, -0.05) is 43.3 Å². The number of anilines is 1. The number of benzene rings is 2. The van der Waals surface area contributed by atoms with Crippen molar-refractivity contribution in [2.24, 2.45) is 0 Å². The first-order chi connectivity index (χ1) is 9.72. The van der Waals surface area contributed by atoms with E-state index >= 15 is 0 Å². The van der Waals surface area contributed by atoms with Gasteiger partial charge in [0.15, 0.2) is 0 Å². The molecular weight excluding hydrogens is 246 g/mol. The molecule has 0 fully saturated rings. The van der Waals surface area contributed by atoms with Crippen LogP contribution in [0.1, 0.15) is 34.8 Å². The molecule has 1 heterocycles. The van der Waals surface area contributed by atoms with Gasteiger partial charge in [0.2, 0.25) is 0 Å². The minimum absolute atomic E-state index is 0.0482. The highest BCUT2D eigenvalue weighted by Gasteiger charge is 2.22. The molecule has 0 aliphatic carbocycles. The number of amides is 1. The molecule has 0 aromatic heterocycles. The van der Waals surface area contributed by atoms with Crippen LogP contribution in [0.15, 0.2) is 48.5 Å². The van der Waals surface area contributed by atoms with Crippen LogP contribution in [0.3, 0.4) is 0 Å². The van der Waals surface area contributed by atoms with Crippen LogP contribution in [0.5, 0.6) is 0 Å². The van der Waals surface area contributed by atoms with Crippen LogP contribution in [0.2, 0.25) is 0 Å². The number of para-hydroxylation sites is 1. The number of hydrogen-bond acceptors (Lipinski definition) is 1. The topological polar surface area (TPSA) is 20.3 Å². The van der Waals surface area contributed by atoms with Crippen molar-refractivity contribution in [2.45, 2.75) is 13.3 Å². The lowest BCUT2D eigenvalue weighted by molar-refractivity contribution is 0.0992. The lowest BCUT2D eigenvalue weighted by Gasteiger charge is -2.24. The largest absolute Gasteiger partial charge is 0.311 e. The van der Waals surface area contributed by atoms with Crippen molar-refractivity contribution in [3.05, 3.63) is 65.2 Å². The van der Waals surface area contributed by atoms with Crippen molar-refractivity contribution in [2.75, 3.05) is 11.9 Å². The maximum atomic E-state index is 12.7. The molecule has 20 heavy (non-hydrogen) atoms. The first kappa shape index (κ1) is 12.7. The van der Waals surface area contributed by atoms with Gasteiger partial charge in [0, 0.05) is 12.6 Å². The molecule has 1 aliphatic heterocycles. The average Bonchev–Trinajstić information content (AvgIpc) is 2.50. The molecule has 0 radical (unpaired) electrons. The monoisotopic (exact) mass is 263 g/mol. The summed E-state index contributed by atoms with van der Waals surface area (Å²) in [4.78, 5) is 14.4. The fraction of sp³-hybridized carbons (Fsp3) is 0.167. The fourth-order valence-corrected chi connectivity index (χ4v) is 2.71. The molecule has 0 N–H and O–H groups in total. The Kier molecular flexibility index (Phi) is 3.15. The zero-order valence-electron chi connectivity index (χ0n) is 11.8. The summed E-state index contributed by atoms with van der Waals surface area (Å²) in [7, 11) is 1.84. The second kappa shape index (κ2) is 4.97. The van der Waals surface area contributed by atoms with E-state index in [0.717, 1.165) is 28.8 Å². The van der Waals surface area contributed by atoms with Gasteiger partial charge in [-0.25, -0.2) is 0 Å². The number of carbonyl (C=O) groups excluding carboxylic acids is 1. The Morgan fingerprint density at radius 2 is 1.60 bits per heavy atom. The Bertz CT molecular complexity index is 700.